The van der Waals surface area contributed by atoms with Crippen LogP contribution in [0.2, 0.25) is 0 Å². The van der Waals surface area contributed by atoms with Gasteiger partial charge in [-0.1, -0.05) is 55.0 Å². The Balaban J connectivity index is 1.99. The average Bonchev–Trinajstić information content (AvgIpc) is 2.95. The summed E-state index contributed by atoms with van der Waals surface area (Å²) in [5.74, 6) is -0.283. The van der Waals surface area contributed by atoms with Gasteiger partial charge in [-0.05, 0) is 78.5 Å². The Kier molecular flexibility index (Phi) is 11.2. The van der Waals surface area contributed by atoms with E-state index in [4.69, 9.17) is 4.74 Å². The number of aryl methyl sites for hydroxylation is 1. The number of carbonyl (C=O) groups is 2. The summed E-state index contributed by atoms with van der Waals surface area (Å²) in [6.07, 6.45) is 1.27. The molecule has 0 aliphatic carbocycles. The van der Waals surface area contributed by atoms with Crippen LogP contribution in [0.25, 0.3) is 0 Å². The second-order valence-corrected chi connectivity index (χ2v) is 12.1. The number of benzene rings is 3. The van der Waals surface area contributed by atoms with E-state index in [1.165, 1.54) is 24.1 Å². The molecule has 0 saturated carbocycles. The van der Waals surface area contributed by atoms with Crippen LogP contribution < -0.4 is 14.4 Å². The van der Waals surface area contributed by atoms with E-state index in [0.717, 1.165) is 21.9 Å². The first-order chi connectivity index (χ1) is 19.1. The third-order valence-corrected chi connectivity index (χ3v) is 8.90. The molecule has 0 saturated heterocycles. The average molecular weight is 631 g/mol. The lowest BCUT2D eigenvalue weighted by Crippen LogP contribution is -2.52. The smallest absolute Gasteiger partial charge is 0.264 e. The van der Waals surface area contributed by atoms with E-state index >= 15 is 0 Å². The maximum absolute atomic E-state index is 14.0. The summed E-state index contributed by atoms with van der Waals surface area (Å²) in [5, 5.41) is 2.85. The number of ether oxygens (including phenoxy) is 1. The third kappa shape index (κ3) is 7.85. The topological polar surface area (TPSA) is 96.0 Å². The van der Waals surface area contributed by atoms with Crippen molar-refractivity contribution in [2.45, 2.75) is 44.6 Å². The number of carbonyl (C=O) groups excluding carboxylic acids is 2. The van der Waals surface area contributed by atoms with E-state index in [-0.39, 0.29) is 17.3 Å². The predicted octanol–water partition coefficient (Wildman–Crippen LogP) is 4.95. The van der Waals surface area contributed by atoms with Crippen LogP contribution in [0, 0.1) is 6.92 Å². The maximum atomic E-state index is 14.0. The molecule has 1 unspecified atom stereocenters. The molecule has 0 aromatic heterocycles. The van der Waals surface area contributed by atoms with Gasteiger partial charge >= 0.3 is 0 Å². The van der Waals surface area contributed by atoms with Crippen molar-refractivity contribution in [3.8, 4) is 5.75 Å². The summed E-state index contributed by atoms with van der Waals surface area (Å²) in [6.45, 7) is 5.77. The van der Waals surface area contributed by atoms with Gasteiger partial charge in [-0.3, -0.25) is 13.9 Å². The van der Waals surface area contributed by atoms with E-state index in [2.05, 4.69) is 21.2 Å². The highest BCUT2D eigenvalue weighted by molar-refractivity contribution is 9.10. The lowest BCUT2D eigenvalue weighted by atomic mass is 10.1. The minimum atomic E-state index is -4.17. The number of nitrogens with zero attached hydrogens (tertiary/aromatic N) is 2. The molecule has 2 amide bonds. The first-order valence-electron chi connectivity index (χ1n) is 13.1. The van der Waals surface area contributed by atoms with Gasteiger partial charge in [-0.25, -0.2) is 8.42 Å². The van der Waals surface area contributed by atoms with Crippen LogP contribution in [0.15, 0.2) is 82.2 Å². The van der Waals surface area contributed by atoms with E-state index < -0.39 is 28.5 Å². The predicted molar refractivity (Wildman–Crippen MR) is 161 cm³/mol. The molecule has 3 aromatic carbocycles. The SMILES string of the molecule is CCCNC(=O)C(C)N(CCc1ccccc1)C(=O)CN(c1ccc(C)cc1)S(=O)(=O)c1ccc(OC)c(Br)c1. The highest BCUT2D eigenvalue weighted by atomic mass is 79.9. The van der Waals surface area contributed by atoms with Crippen LogP contribution in [0.1, 0.15) is 31.4 Å². The molecular weight excluding hydrogens is 594 g/mol. The molecular formula is C30H36BrN3O5S. The Morgan fingerprint density at radius 1 is 1.02 bits per heavy atom. The van der Waals surface area contributed by atoms with Gasteiger partial charge in [0.2, 0.25) is 11.8 Å². The lowest BCUT2D eigenvalue weighted by molar-refractivity contribution is -0.138. The Bertz CT molecular complexity index is 1400. The monoisotopic (exact) mass is 629 g/mol. The van der Waals surface area contributed by atoms with Gasteiger partial charge in [-0.15, -0.1) is 0 Å². The van der Waals surface area contributed by atoms with Crippen LogP contribution in [-0.2, 0) is 26.0 Å². The van der Waals surface area contributed by atoms with Gasteiger partial charge in [0.25, 0.3) is 10.0 Å². The highest BCUT2D eigenvalue weighted by Crippen LogP contribution is 2.31. The number of hydrogen-bond acceptors (Lipinski definition) is 5. The molecule has 3 aromatic rings. The Labute approximate surface area is 245 Å². The van der Waals surface area contributed by atoms with Gasteiger partial charge in [0, 0.05) is 13.1 Å². The van der Waals surface area contributed by atoms with Crippen molar-refractivity contribution in [1.29, 1.82) is 0 Å². The molecule has 0 fully saturated rings. The first-order valence-corrected chi connectivity index (χ1v) is 15.4. The molecule has 0 heterocycles. The molecule has 1 N–H and O–H groups in total. The quantitative estimate of drug-likeness (QED) is 0.289. The van der Waals surface area contributed by atoms with Crippen LogP contribution in [0.4, 0.5) is 5.69 Å². The summed E-state index contributed by atoms with van der Waals surface area (Å²) < 4.78 is 34.7. The Morgan fingerprint density at radius 3 is 2.30 bits per heavy atom. The molecule has 0 bridgehead atoms. The molecule has 10 heteroatoms. The summed E-state index contributed by atoms with van der Waals surface area (Å²) in [4.78, 5) is 28.3. The number of hydrogen-bond donors (Lipinski definition) is 1. The van der Waals surface area contributed by atoms with Gasteiger partial charge < -0.3 is 15.0 Å². The Hall–Kier alpha value is -3.37. The molecule has 40 heavy (non-hydrogen) atoms. The van der Waals surface area contributed by atoms with E-state index in [1.54, 1.807) is 37.3 Å². The number of halogens is 1. The van der Waals surface area contributed by atoms with E-state index in [9.17, 15) is 18.0 Å². The fourth-order valence-electron chi connectivity index (χ4n) is 4.14. The van der Waals surface area contributed by atoms with Gasteiger partial charge in [0.05, 0.1) is 22.2 Å². The molecule has 0 radical (unpaired) electrons. The molecule has 0 aliphatic heterocycles. The normalized spacial score (nSPS) is 11.9. The zero-order chi connectivity index (χ0) is 29.3. The fourth-order valence-corrected chi connectivity index (χ4v) is 6.27. The van der Waals surface area contributed by atoms with Crippen molar-refractivity contribution < 1.29 is 22.7 Å². The van der Waals surface area contributed by atoms with Crippen LogP contribution >= 0.6 is 15.9 Å². The van der Waals surface area contributed by atoms with Crippen molar-refractivity contribution in [2.75, 3.05) is 31.0 Å². The summed E-state index contributed by atoms with van der Waals surface area (Å²) in [6, 6.07) is 20.2. The standard InChI is InChI=1S/C30H36BrN3O5S/c1-5-18-32-30(36)23(3)33(19-17-24-9-7-6-8-10-24)29(35)21-34(25-13-11-22(2)12-14-25)40(37,38)26-15-16-28(39-4)27(31)20-26/h6-16,20,23H,5,17-19,21H2,1-4H3,(H,32,36). The zero-order valence-corrected chi connectivity index (χ0v) is 25.7. The molecule has 1 atom stereocenters. The second-order valence-electron chi connectivity index (χ2n) is 9.43. The summed E-state index contributed by atoms with van der Waals surface area (Å²) in [7, 11) is -2.68. The number of rotatable bonds is 13. The third-order valence-electron chi connectivity index (χ3n) is 6.51. The van der Waals surface area contributed by atoms with E-state index in [1.807, 2.05) is 44.2 Å². The summed E-state index contributed by atoms with van der Waals surface area (Å²) >= 11 is 3.36. The van der Waals surface area contributed by atoms with Crippen molar-refractivity contribution >= 4 is 43.5 Å². The first kappa shape index (κ1) is 31.2. The zero-order valence-electron chi connectivity index (χ0n) is 23.3. The van der Waals surface area contributed by atoms with Gasteiger partial charge in [0.15, 0.2) is 0 Å². The van der Waals surface area contributed by atoms with Gasteiger partial charge in [0.1, 0.15) is 18.3 Å². The number of nitrogens with one attached hydrogen (secondary N) is 1. The largest absolute Gasteiger partial charge is 0.496 e. The van der Waals surface area contributed by atoms with Crippen molar-refractivity contribution in [1.82, 2.24) is 10.2 Å². The van der Waals surface area contributed by atoms with Crippen LogP contribution in [0.3, 0.4) is 0 Å². The number of anilines is 1. The fraction of sp³-hybridized carbons (Fsp3) is 0.333. The minimum Gasteiger partial charge on any atom is -0.496 e. The van der Waals surface area contributed by atoms with E-state index in [0.29, 0.717) is 28.9 Å². The lowest BCUT2D eigenvalue weighted by Gasteiger charge is -2.32. The van der Waals surface area contributed by atoms with Crippen molar-refractivity contribution in [2.24, 2.45) is 0 Å². The molecule has 0 aliphatic rings. The summed E-state index contributed by atoms with van der Waals surface area (Å²) in [5.41, 5.74) is 2.30. The molecule has 8 nitrogen and oxygen atoms in total. The number of amides is 2. The van der Waals surface area contributed by atoms with Crippen LogP contribution in [0.5, 0.6) is 5.75 Å². The Morgan fingerprint density at radius 2 is 1.70 bits per heavy atom. The van der Waals surface area contributed by atoms with Crippen LogP contribution in [-0.4, -0.2) is 57.9 Å². The van der Waals surface area contributed by atoms with Gasteiger partial charge in [-0.2, -0.15) is 0 Å². The molecule has 3 rings (SSSR count). The minimum absolute atomic E-state index is 0.00174. The second kappa shape index (κ2) is 14.3. The van der Waals surface area contributed by atoms with Crippen molar-refractivity contribution in [3.63, 3.8) is 0 Å². The van der Waals surface area contributed by atoms with Crippen molar-refractivity contribution in [3.05, 3.63) is 88.4 Å². The molecule has 214 valence electrons. The highest BCUT2D eigenvalue weighted by Gasteiger charge is 2.32. The molecule has 0 spiro atoms. The maximum Gasteiger partial charge on any atom is 0.264 e. The number of sulfonamides is 1. The number of methoxy groups -OCH3 is 1.